The van der Waals surface area contributed by atoms with Crippen LogP contribution in [-0.4, -0.2) is 40.0 Å². The number of nitrogens with zero attached hydrogens (tertiary/aromatic N) is 1. The first-order valence-corrected chi connectivity index (χ1v) is 7.71. The van der Waals surface area contributed by atoms with E-state index in [0.717, 1.165) is 11.1 Å². The number of hydrogen-bond donors (Lipinski definition) is 2. The van der Waals surface area contributed by atoms with Crippen LogP contribution in [0.5, 0.6) is 0 Å². The number of rotatable bonds is 6. The molecule has 0 saturated carbocycles. The third kappa shape index (κ3) is 4.58. The Morgan fingerprint density at radius 1 is 1.37 bits per heavy atom. The molecule has 0 heterocycles. The van der Waals surface area contributed by atoms with Crippen molar-refractivity contribution < 1.29 is 8.42 Å². The van der Waals surface area contributed by atoms with Crippen LogP contribution in [-0.2, 0) is 16.6 Å². The van der Waals surface area contributed by atoms with E-state index in [1.165, 1.54) is 0 Å². The molecular weight excluding hydrogens is 262 g/mol. The van der Waals surface area contributed by atoms with E-state index in [2.05, 4.69) is 4.72 Å². The summed E-state index contributed by atoms with van der Waals surface area (Å²) in [5.41, 5.74) is 7.43. The smallest absolute Gasteiger partial charge is 0.240 e. The topological polar surface area (TPSA) is 75.4 Å². The number of sulfonamides is 1. The predicted molar refractivity (Wildman–Crippen MR) is 77.4 cm³/mol. The molecule has 1 rings (SSSR count). The van der Waals surface area contributed by atoms with Crippen molar-refractivity contribution in [1.29, 1.82) is 0 Å². The van der Waals surface area contributed by atoms with E-state index in [0.29, 0.717) is 13.1 Å². The van der Waals surface area contributed by atoms with Gasteiger partial charge in [0.05, 0.1) is 4.90 Å². The van der Waals surface area contributed by atoms with Crippen molar-refractivity contribution in [2.75, 3.05) is 20.6 Å². The van der Waals surface area contributed by atoms with Crippen LogP contribution in [0.15, 0.2) is 23.1 Å². The Balaban J connectivity index is 2.91. The number of nitrogens with two attached hydrogens (primary N) is 1. The lowest BCUT2D eigenvalue weighted by Gasteiger charge is -2.18. The van der Waals surface area contributed by atoms with Crippen LogP contribution in [0.1, 0.15) is 18.1 Å². The van der Waals surface area contributed by atoms with Gasteiger partial charge in [-0.2, -0.15) is 0 Å². The maximum Gasteiger partial charge on any atom is 0.240 e. The average molecular weight is 285 g/mol. The summed E-state index contributed by atoms with van der Waals surface area (Å²) in [7, 11) is 0.345. The second kappa shape index (κ2) is 6.47. The lowest BCUT2D eigenvalue weighted by molar-refractivity contribution is 0.370. The maximum absolute atomic E-state index is 12.2. The molecule has 0 radical (unpaired) electrons. The molecular formula is C13H23N3O2S. The summed E-state index contributed by atoms with van der Waals surface area (Å²) in [5.74, 6) is 0. The molecule has 0 amide bonds. The number of hydrogen-bond acceptors (Lipinski definition) is 4. The minimum absolute atomic E-state index is 0.144. The highest BCUT2D eigenvalue weighted by Gasteiger charge is 2.18. The van der Waals surface area contributed by atoms with E-state index in [-0.39, 0.29) is 10.9 Å². The van der Waals surface area contributed by atoms with Crippen molar-refractivity contribution >= 4 is 10.0 Å². The van der Waals surface area contributed by atoms with E-state index in [9.17, 15) is 8.42 Å². The molecule has 5 nitrogen and oxygen atoms in total. The van der Waals surface area contributed by atoms with Gasteiger partial charge in [-0.05, 0) is 51.2 Å². The van der Waals surface area contributed by atoms with E-state index < -0.39 is 10.0 Å². The van der Waals surface area contributed by atoms with Crippen molar-refractivity contribution in [3.63, 3.8) is 0 Å². The van der Waals surface area contributed by atoms with Gasteiger partial charge in [0.25, 0.3) is 0 Å². The number of benzene rings is 1. The first kappa shape index (κ1) is 16.1. The molecule has 19 heavy (non-hydrogen) atoms. The van der Waals surface area contributed by atoms with Gasteiger partial charge in [0.1, 0.15) is 0 Å². The SMILES string of the molecule is Cc1cc(S(=O)(=O)NC(C)CN(C)C)ccc1CN. The molecule has 3 N–H and O–H groups in total. The van der Waals surface area contributed by atoms with Gasteiger partial charge in [0, 0.05) is 19.1 Å². The summed E-state index contributed by atoms with van der Waals surface area (Å²) < 4.78 is 27.1. The summed E-state index contributed by atoms with van der Waals surface area (Å²) >= 11 is 0. The van der Waals surface area contributed by atoms with Crippen LogP contribution in [0.3, 0.4) is 0 Å². The minimum atomic E-state index is -3.47. The van der Waals surface area contributed by atoms with E-state index in [4.69, 9.17) is 5.73 Å². The van der Waals surface area contributed by atoms with Crippen molar-refractivity contribution in [1.82, 2.24) is 9.62 Å². The van der Waals surface area contributed by atoms with Crippen molar-refractivity contribution in [3.05, 3.63) is 29.3 Å². The summed E-state index contributed by atoms with van der Waals surface area (Å²) in [6, 6.07) is 4.88. The molecule has 1 aromatic carbocycles. The highest BCUT2D eigenvalue weighted by Crippen LogP contribution is 2.15. The Hall–Kier alpha value is -0.950. The fourth-order valence-electron chi connectivity index (χ4n) is 1.98. The molecule has 0 aliphatic heterocycles. The predicted octanol–water partition coefficient (Wildman–Crippen LogP) is 0.682. The van der Waals surface area contributed by atoms with Crippen molar-refractivity contribution in [2.24, 2.45) is 5.73 Å². The Morgan fingerprint density at radius 2 is 2.00 bits per heavy atom. The van der Waals surface area contributed by atoms with E-state index in [1.807, 2.05) is 32.8 Å². The molecule has 0 fully saturated rings. The van der Waals surface area contributed by atoms with Crippen LogP contribution in [0.2, 0.25) is 0 Å². The monoisotopic (exact) mass is 285 g/mol. The van der Waals surface area contributed by atoms with Crippen LogP contribution in [0.4, 0.5) is 0 Å². The molecule has 6 heteroatoms. The van der Waals surface area contributed by atoms with Crippen LogP contribution < -0.4 is 10.5 Å². The molecule has 0 aliphatic carbocycles. The van der Waals surface area contributed by atoms with Crippen molar-refractivity contribution in [2.45, 2.75) is 31.3 Å². The van der Waals surface area contributed by atoms with Gasteiger partial charge in [-0.15, -0.1) is 0 Å². The zero-order valence-electron chi connectivity index (χ0n) is 12.0. The van der Waals surface area contributed by atoms with Crippen molar-refractivity contribution in [3.8, 4) is 0 Å². The first-order chi connectivity index (χ1) is 8.76. The highest BCUT2D eigenvalue weighted by molar-refractivity contribution is 7.89. The molecule has 108 valence electrons. The zero-order chi connectivity index (χ0) is 14.6. The molecule has 0 spiro atoms. The second-order valence-electron chi connectivity index (χ2n) is 5.08. The molecule has 0 aromatic heterocycles. The Kier molecular flexibility index (Phi) is 5.49. The normalized spacial score (nSPS) is 13.8. The Labute approximate surface area is 115 Å². The Morgan fingerprint density at radius 3 is 2.47 bits per heavy atom. The highest BCUT2D eigenvalue weighted by atomic mass is 32.2. The third-order valence-corrected chi connectivity index (χ3v) is 4.43. The number of aryl methyl sites for hydroxylation is 1. The van der Waals surface area contributed by atoms with Gasteiger partial charge in [-0.1, -0.05) is 6.07 Å². The quantitative estimate of drug-likeness (QED) is 0.806. The fourth-order valence-corrected chi connectivity index (χ4v) is 3.30. The van der Waals surface area contributed by atoms with Crippen LogP contribution >= 0.6 is 0 Å². The van der Waals surface area contributed by atoms with Crippen LogP contribution in [0.25, 0.3) is 0 Å². The summed E-state index contributed by atoms with van der Waals surface area (Å²) in [4.78, 5) is 2.23. The molecule has 0 aliphatic rings. The van der Waals surface area contributed by atoms with Gasteiger partial charge in [-0.25, -0.2) is 13.1 Å². The van der Waals surface area contributed by atoms with E-state index in [1.54, 1.807) is 18.2 Å². The van der Waals surface area contributed by atoms with Crippen LogP contribution in [0, 0.1) is 6.92 Å². The largest absolute Gasteiger partial charge is 0.326 e. The molecule has 1 atom stereocenters. The van der Waals surface area contributed by atoms with Gasteiger partial charge in [0.15, 0.2) is 0 Å². The first-order valence-electron chi connectivity index (χ1n) is 6.23. The standard InChI is InChI=1S/C13H23N3O2S/c1-10-7-13(6-5-12(10)8-14)19(17,18)15-11(2)9-16(3)4/h5-7,11,15H,8-9,14H2,1-4H3. The molecule has 1 aromatic rings. The molecule has 0 saturated heterocycles. The van der Waals surface area contributed by atoms with Gasteiger partial charge in [0.2, 0.25) is 10.0 Å². The van der Waals surface area contributed by atoms with E-state index >= 15 is 0 Å². The van der Waals surface area contributed by atoms with Gasteiger partial charge < -0.3 is 10.6 Å². The summed E-state index contributed by atoms with van der Waals surface area (Å²) in [5, 5.41) is 0. The zero-order valence-corrected chi connectivity index (χ0v) is 12.8. The Bertz CT molecular complexity index is 527. The lowest BCUT2D eigenvalue weighted by Crippen LogP contribution is -2.39. The fraction of sp³-hybridized carbons (Fsp3) is 0.538. The van der Waals surface area contributed by atoms with Gasteiger partial charge >= 0.3 is 0 Å². The maximum atomic E-state index is 12.2. The summed E-state index contributed by atoms with van der Waals surface area (Å²) in [6.07, 6.45) is 0. The second-order valence-corrected chi connectivity index (χ2v) is 6.79. The lowest BCUT2D eigenvalue weighted by atomic mass is 10.1. The summed E-state index contributed by atoms with van der Waals surface area (Å²) in [6.45, 7) is 4.78. The molecule has 0 bridgehead atoms. The average Bonchev–Trinajstić information content (AvgIpc) is 2.26. The number of nitrogens with one attached hydrogen (secondary N) is 1. The third-order valence-electron chi connectivity index (χ3n) is 2.84. The number of likely N-dealkylation sites (N-methyl/N-ethyl adjacent to an activating group) is 1. The van der Waals surface area contributed by atoms with Gasteiger partial charge in [-0.3, -0.25) is 0 Å². The molecule has 1 unspecified atom stereocenters. The minimum Gasteiger partial charge on any atom is -0.326 e.